The van der Waals surface area contributed by atoms with Gasteiger partial charge < -0.3 is 4.90 Å². The average molecular weight is 336 g/mol. The third-order valence-corrected chi connectivity index (χ3v) is 4.12. The lowest BCUT2D eigenvalue weighted by atomic mass is 10.1. The fourth-order valence-corrected chi connectivity index (χ4v) is 2.63. The molecule has 0 spiro atoms. The number of carbonyl (C=O) groups excluding carboxylic acids is 2. The first-order chi connectivity index (χ1) is 12.1. The standard InChI is InChI=1S/C19H20N4O2/c1-15(24)16-7-9-18(10-8-16)20-21-23-13-11-22(12-14-23)19(25)17-5-3-2-4-6-17/h2-10H,11-14H2,1H3. The normalized spacial score (nSPS) is 14.8. The molecule has 2 aromatic rings. The highest BCUT2D eigenvalue weighted by atomic mass is 16.2. The number of benzene rings is 2. The third kappa shape index (κ3) is 4.29. The summed E-state index contributed by atoms with van der Waals surface area (Å²) in [5, 5.41) is 10.3. The molecule has 1 saturated heterocycles. The Morgan fingerprint density at radius 1 is 0.840 bits per heavy atom. The molecule has 0 radical (unpaired) electrons. The third-order valence-electron chi connectivity index (χ3n) is 4.12. The minimum atomic E-state index is 0.0303. The summed E-state index contributed by atoms with van der Waals surface area (Å²) in [7, 11) is 0. The second-order valence-corrected chi connectivity index (χ2v) is 5.90. The van der Waals surface area contributed by atoms with E-state index in [0.29, 0.717) is 43.0 Å². The number of ketones is 1. The van der Waals surface area contributed by atoms with Crippen LogP contribution in [0.4, 0.5) is 5.69 Å². The van der Waals surface area contributed by atoms with Crippen molar-refractivity contribution in [2.75, 3.05) is 26.2 Å². The van der Waals surface area contributed by atoms with E-state index in [1.807, 2.05) is 40.2 Å². The van der Waals surface area contributed by atoms with Crippen LogP contribution in [0.5, 0.6) is 0 Å². The maximum atomic E-state index is 12.4. The number of rotatable bonds is 4. The molecule has 25 heavy (non-hydrogen) atoms. The Bertz CT molecular complexity index is 764. The van der Waals surface area contributed by atoms with Crippen molar-refractivity contribution in [1.82, 2.24) is 9.91 Å². The minimum absolute atomic E-state index is 0.0303. The van der Waals surface area contributed by atoms with Gasteiger partial charge >= 0.3 is 0 Å². The van der Waals surface area contributed by atoms with Crippen molar-refractivity contribution in [2.24, 2.45) is 10.3 Å². The first kappa shape index (κ1) is 16.8. The Morgan fingerprint density at radius 3 is 2.08 bits per heavy atom. The van der Waals surface area contributed by atoms with Gasteiger partial charge in [0.1, 0.15) is 0 Å². The lowest BCUT2D eigenvalue weighted by Gasteiger charge is -2.32. The molecule has 1 aliphatic rings. The first-order valence-electron chi connectivity index (χ1n) is 8.25. The predicted molar refractivity (Wildman–Crippen MR) is 94.9 cm³/mol. The fourth-order valence-electron chi connectivity index (χ4n) is 2.63. The van der Waals surface area contributed by atoms with Crippen LogP contribution in [0.3, 0.4) is 0 Å². The van der Waals surface area contributed by atoms with Crippen LogP contribution in [-0.4, -0.2) is 47.8 Å². The van der Waals surface area contributed by atoms with Crippen molar-refractivity contribution in [3.05, 3.63) is 65.7 Å². The van der Waals surface area contributed by atoms with Crippen molar-refractivity contribution in [3.63, 3.8) is 0 Å². The summed E-state index contributed by atoms with van der Waals surface area (Å²) in [6, 6.07) is 16.3. The quantitative estimate of drug-likeness (QED) is 0.635. The fraction of sp³-hybridized carbons (Fsp3) is 0.263. The van der Waals surface area contributed by atoms with Gasteiger partial charge in [0, 0.05) is 24.2 Å². The second kappa shape index (κ2) is 7.70. The van der Waals surface area contributed by atoms with Crippen LogP contribution in [0.15, 0.2) is 64.9 Å². The van der Waals surface area contributed by atoms with Crippen LogP contribution in [0.2, 0.25) is 0 Å². The zero-order valence-corrected chi connectivity index (χ0v) is 14.1. The summed E-state index contributed by atoms with van der Waals surface area (Å²) in [4.78, 5) is 25.5. The smallest absolute Gasteiger partial charge is 0.253 e. The van der Waals surface area contributed by atoms with Crippen molar-refractivity contribution >= 4 is 17.4 Å². The zero-order chi connectivity index (χ0) is 17.6. The Kier molecular flexibility index (Phi) is 5.18. The number of hydrogen-bond acceptors (Lipinski definition) is 4. The molecule has 3 rings (SSSR count). The first-order valence-corrected chi connectivity index (χ1v) is 8.25. The summed E-state index contributed by atoms with van der Waals surface area (Å²) < 4.78 is 0. The number of hydrogen-bond donors (Lipinski definition) is 0. The van der Waals surface area contributed by atoms with Crippen LogP contribution in [0.25, 0.3) is 0 Å². The van der Waals surface area contributed by atoms with Gasteiger partial charge in [0.05, 0.1) is 18.8 Å². The number of piperazine rings is 1. The van der Waals surface area contributed by atoms with Crippen molar-refractivity contribution in [1.29, 1.82) is 0 Å². The van der Waals surface area contributed by atoms with E-state index < -0.39 is 0 Å². The summed E-state index contributed by atoms with van der Waals surface area (Å²) >= 11 is 0. The zero-order valence-electron chi connectivity index (χ0n) is 14.1. The molecule has 2 aromatic carbocycles. The van der Waals surface area contributed by atoms with E-state index >= 15 is 0 Å². The van der Waals surface area contributed by atoms with E-state index in [4.69, 9.17) is 0 Å². The summed E-state index contributed by atoms with van der Waals surface area (Å²) in [5.41, 5.74) is 2.07. The maximum Gasteiger partial charge on any atom is 0.253 e. The van der Waals surface area contributed by atoms with Crippen LogP contribution >= 0.6 is 0 Å². The van der Waals surface area contributed by atoms with E-state index in [-0.39, 0.29) is 11.7 Å². The highest BCUT2D eigenvalue weighted by Crippen LogP contribution is 2.15. The molecular weight excluding hydrogens is 316 g/mol. The second-order valence-electron chi connectivity index (χ2n) is 5.90. The van der Waals surface area contributed by atoms with Gasteiger partial charge in [-0.3, -0.25) is 14.6 Å². The van der Waals surface area contributed by atoms with Crippen molar-refractivity contribution in [3.8, 4) is 0 Å². The highest BCUT2D eigenvalue weighted by Gasteiger charge is 2.21. The van der Waals surface area contributed by atoms with Crippen LogP contribution in [0.1, 0.15) is 27.6 Å². The molecule has 1 fully saturated rings. The maximum absolute atomic E-state index is 12.4. The van der Waals surface area contributed by atoms with E-state index in [0.717, 1.165) is 0 Å². The monoisotopic (exact) mass is 336 g/mol. The minimum Gasteiger partial charge on any atom is -0.335 e. The molecule has 0 unspecified atom stereocenters. The molecule has 128 valence electrons. The SMILES string of the molecule is CC(=O)c1ccc(N=NN2CCN(C(=O)c3ccccc3)CC2)cc1. The number of carbonyl (C=O) groups is 2. The molecule has 1 amide bonds. The number of Topliss-reactive ketones (excluding diaryl/α,β-unsaturated/α-hetero) is 1. The predicted octanol–water partition coefficient (Wildman–Crippen LogP) is 3.35. The molecular formula is C19H20N4O2. The van der Waals surface area contributed by atoms with E-state index in [9.17, 15) is 9.59 Å². The van der Waals surface area contributed by atoms with E-state index in [2.05, 4.69) is 10.3 Å². The Labute approximate surface area is 146 Å². The van der Waals surface area contributed by atoms with Crippen molar-refractivity contribution < 1.29 is 9.59 Å². The van der Waals surface area contributed by atoms with Gasteiger partial charge in [-0.2, -0.15) is 0 Å². The molecule has 6 heteroatoms. The van der Waals surface area contributed by atoms with Crippen LogP contribution < -0.4 is 0 Å². The van der Waals surface area contributed by atoms with Gasteiger partial charge in [0.25, 0.3) is 5.91 Å². The molecule has 0 atom stereocenters. The highest BCUT2D eigenvalue weighted by molar-refractivity contribution is 5.94. The molecule has 6 nitrogen and oxygen atoms in total. The summed E-state index contributed by atoms with van der Waals surface area (Å²) in [6.07, 6.45) is 0. The summed E-state index contributed by atoms with van der Waals surface area (Å²) in [5.74, 6) is 0.0831. The topological polar surface area (TPSA) is 65.3 Å². The van der Waals surface area contributed by atoms with Crippen LogP contribution in [-0.2, 0) is 0 Å². The number of amides is 1. The largest absolute Gasteiger partial charge is 0.335 e. The van der Waals surface area contributed by atoms with Gasteiger partial charge in [-0.05, 0) is 43.3 Å². The Hall–Kier alpha value is -3.02. The average Bonchev–Trinajstić information content (AvgIpc) is 2.67. The van der Waals surface area contributed by atoms with Gasteiger partial charge in [-0.15, -0.1) is 5.11 Å². The molecule has 1 heterocycles. The molecule has 0 saturated carbocycles. The molecule has 0 aromatic heterocycles. The number of nitrogens with zero attached hydrogens (tertiary/aromatic N) is 4. The van der Waals surface area contributed by atoms with E-state index in [1.54, 1.807) is 24.3 Å². The Morgan fingerprint density at radius 2 is 1.48 bits per heavy atom. The summed E-state index contributed by atoms with van der Waals surface area (Å²) in [6.45, 7) is 4.07. The van der Waals surface area contributed by atoms with Crippen LogP contribution in [0, 0.1) is 0 Å². The van der Waals surface area contributed by atoms with Gasteiger partial charge in [0.2, 0.25) is 0 Å². The lowest BCUT2D eigenvalue weighted by Crippen LogP contribution is -2.46. The molecule has 0 N–H and O–H groups in total. The Balaban J connectivity index is 1.54. The molecule has 0 bridgehead atoms. The van der Waals surface area contributed by atoms with Gasteiger partial charge in [-0.1, -0.05) is 23.4 Å². The molecule has 1 aliphatic heterocycles. The molecule has 0 aliphatic carbocycles. The van der Waals surface area contributed by atoms with Gasteiger partial charge in [-0.25, -0.2) is 0 Å². The van der Waals surface area contributed by atoms with E-state index in [1.165, 1.54) is 6.92 Å². The lowest BCUT2D eigenvalue weighted by molar-refractivity contribution is 0.0631. The van der Waals surface area contributed by atoms with Gasteiger partial charge in [0.15, 0.2) is 5.78 Å². The van der Waals surface area contributed by atoms with Crippen molar-refractivity contribution in [2.45, 2.75) is 6.92 Å².